The fourth-order valence-electron chi connectivity index (χ4n) is 2.93. The molecule has 0 atom stereocenters. The summed E-state index contributed by atoms with van der Waals surface area (Å²) in [7, 11) is 0. The van der Waals surface area contributed by atoms with Crippen LogP contribution in [0.1, 0.15) is 24.2 Å². The Kier molecular flexibility index (Phi) is 9.12. The Morgan fingerprint density at radius 2 is 1.96 bits per heavy atom. The van der Waals surface area contributed by atoms with Crippen LogP contribution in [0.2, 0.25) is 0 Å². The van der Waals surface area contributed by atoms with Gasteiger partial charge in [-0.2, -0.15) is 4.37 Å². The third kappa shape index (κ3) is 5.72. The molecule has 1 aromatic carbocycles. The third-order valence-electron chi connectivity index (χ3n) is 4.30. The summed E-state index contributed by atoms with van der Waals surface area (Å²) in [5.74, 6) is 1.01. The molecule has 1 amide bonds. The van der Waals surface area contributed by atoms with Crippen LogP contribution in [0.4, 0.5) is 10.8 Å². The quantitative estimate of drug-likeness (QED) is 0.773. The predicted molar refractivity (Wildman–Crippen MR) is 112 cm³/mol. The lowest BCUT2D eigenvalue weighted by atomic mass is 10.1. The Morgan fingerprint density at radius 1 is 1.19 bits per heavy atom. The Balaban J connectivity index is 0.00000169. The number of anilines is 2. The largest absolute Gasteiger partial charge is 0.399 e. The van der Waals surface area contributed by atoms with Crippen molar-refractivity contribution in [1.29, 1.82) is 0 Å². The molecule has 0 unspecified atom stereocenters. The van der Waals surface area contributed by atoms with Crippen molar-refractivity contribution in [2.24, 2.45) is 0 Å². The molecule has 144 valence electrons. The zero-order chi connectivity index (χ0) is 16.9. The maximum atomic E-state index is 12.5. The number of nitrogen functional groups attached to an aromatic ring is 1. The van der Waals surface area contributed by atoms with Gasteiger partial charge in [-0.25, -0.2) is 4.98 Å². The van der Waals surface area contributed by atoms with Gasteiger partial charge in [0, 0.05) is 49.8 Å². The molecule has 1 aliphatic rings. The molecule has 2 aromatic rings. The molecule has 0 saturated carbocycles. The number of nitrogens with two attached hydrogens (primary N) is 1. The lowest BCUT2D eigenvalue weighted by Crippen LogP contribution is -2.35. The molecule has 26 heavy (non-hydrogen) atoms. The number of benzene rings is 1. The summed E-state index contributed by atoms with van der Waals surface area (Å²) in [6.45, 7) is 5.18. The first kappa shape index (κ1) is 22.5. The lowest BCUT2D eigenvalue weighted by Gasteiger charge is -2.21. The van der Waals surface area contributed by atoms with Crippen LogP contribution in [-0.4, -0.2) is 46.3 Å². The molecule has 9 heteroatoms. The highest BCUT2D eigenvalue weighted by atomic mass is 35.5. The van der Waals surface area contributed by atoms with E-state index in [-0.39, 0.29) is 30.7 Å². The van der Waals surface area contributed by atoms with E-state index in [0.717, 1.165) is 54.8 Å². The molecule has 1 saturated heterocycles. The van der Waals surface area contributed by atoms with Crippen molar-refractivity contribution in [3.63, 3.8) is 0 Å². The van der Waals surface area contributed by atoms with Gasteiger partial charge in [0.05, 0.1) is 0 Å². The molecule has 6 nitrogen and oxygen atoms in total. The third-order valence-corrected chi connectivity index (χ3v) is 5.17. The summed E-state index contributed by atoms with van der Waals surface area (Å²) >= 11 is 1.43. The Bertz CT molecular complexity index is 712. The van der Waals surface area contributed by atoms with Crippen LogP contribution in [-0.2, 0) is 11.2 Å². The van der Waals surface area contributed by atoms with E-state index in [0.29, 0.717) is 12.8 Å². The van der Waals surface area contributed by atoms with Crippen LogP contribution in [0, 0.1) is 6.92 Å². The minimum Gasteiger partial charge on any atom is -0.399 e. The monoisotopic (exact) mass is 417 g/mol. The van der Waals surface area contributed by atoms with Gasteiger partial charge in [-0.1, -0.05) is 18.2 Å². The average Bonchev–Trinajstić information content (AvgIpc) is 2.86. The summed E-state index contributed by atoms with van der Waals surface area (Å²) in [5, 5.41) is 0.957. The highest BCUT2D eigenvalue weighted by Crippen LogP contribution is 2.19. The van der Waals surface area contributed by atoms with E-state index >= 15 is 0 Å². The van der Waals surface area contributed by atoms with Gasteiger partial charge in [0.25, 0.3) is 0 Å². The number of carbonyl (C=O) groups excluding carboxylic acids is 1. The molecule has 1 aliphatic heterocycles. The SMILES string of the molecule is Cc1nsc(N2CCCN(C(=O)CCc3ccccc3N)CC2)n1.Cl.Cl. The van der Waals surface area contributed by atoms with Crippen LogP contribution in [0.25, 0.3) is 0 Å². The van der Waals surface area contributed by atoms with Crippen molar-refractivity contribution in [2.45, 2.75) is 26.2 Å². The van der Waals surface area contributed by atoms with Crippen LogP contribution in [0.15, 0.2) is 24.3 Å². The Labute approximate surface area is 170 Å². The van der Waals surface area contributed by atoms with Crippen molar-refractivity contribution in [3.05, 3.63) is 35.7 Å². The molecule has 0 spiro atoms. The fraction of sp³-hybridized carbons (Fsp3) is 0.471. The number of carbonyl (C=O) groups is 1. The fourth-order valence-corrected chi connectivity index (χ4v) is 3.66. The second-order valence-electron chi connectivity index (χ2n) is 6.04. The van der Waals surface area contributed by atoms with Gasteiger partial charge in [-0.15, -0.1) is 24.8 Å². The van der Waals surface area contributed by atoms with Gasteiger partial charge in [0.2, 0.25) is 11.0 Å². The van der Waals surface area contributed by atoms with Gasteiger partial charge < -0.3 is 15.5 Å². The molecular formula is C17H25Cl2N5OS. The number of aromatic nitrogens is 2. The smallest absolute Gasteiger partial charge is 0.222 e. The van der Waals surface area contributed by atoms with E-state index in [2.05, 4.69) is 14.3 Å². The molecule has 3 rings (SSSR count). The van der Waals surface area contributed by atoms with Crippen LogP contribution in [0.5, 0.6) is 0 Å². The number of amides is 1. The van der Waals surface area contributed by atoms with E-state index in [1.165, 1.54) is 11.5 Å². The molecule has 1 aromatic heterocycles. The maximum absolute atomic E-state index is 12.5. The number of para-hydroxylation sites is 1. The topological polar surface area (TPSA) is 75.4 Å². The normalized spacial score (nSPS) is 14.2. The highest BCUT2D eigenvalue weighted by Gasteiger charge is 2.21. The first-order valence-electron chi connectivity index (χ1n) is 8.30. The van der Waals surface area contributed by atoms with E-state index in [1.54, 1.807) is 0 Å². The number of nitrogens with zero attached hydrogens (tertiary/aromatic N) is 4. The molecule has 0 bridgehead atoms. The number of rotatable bonds is 4. The van der Waals surface area contributed by atoms with Crippen molar-refractivity contribution < 1.29 is 4.79 Å². The van der Waals surface area contributed by atoms with Gasteiger partial charge in [0.15, 0.2) is 0 Å². The number of aryl methyl sites for hydroxylation is 2. The molecule has 0 radical (unpaired) electrons. The van der Waals surface area contributed by atoms with Crippen molar-refractivity contribution in [3.8, 4) is 0 Å². The van der Waals surface area contributed by atoms with E-state index < -0.39 is 0 Å². The summed E-state index contributed by atoms with van der Waals surface area (Å²) < 4.78 is 4.24. The van der Waals surface area contributed by atoms with Gasteiger partial charge >= 0.3 is 0 Å². The Morgan fingerprint density at radius 3 is 2.65 bits per heavy atom. The second-order valence-corrected chi connectivity index (χ2v) is 6.77. The number of halogens is 2. The standard InChI is InChI=1S/C17H23N5OS.2ClH/c1-13-19-17(24-20-13)22-10-4-9-21(11-12-22)16(23)8-7-14-5-2-3-6-15(14)18;;/h2-3,5-6H,4,7-12,18H2,1H3;2*1H. The summed E-state index contributed by atoms with van der Waals surface area (Å²) in [6.07, 6.45) is 2.16. The molecular weight excluding hydrogens is 393 g/mol. The predicted octanol–water partition coefficient (Wildman–Crippen LogP) is 2.94. The van der Waals surface area contributed by atoms with E-state index in [1.807, 2.05) is 36.1 Å². The summed E-state index contributed by atoms with van der Waals surface area (Å²) in [6, 6.07) is 7.75. The molecule has 2 heterocycles. The first-order valence-corrected chi connectivity index (χ1v) is 9.07. The minimum absolute atomic E-state index is 0. The summed E-state index contributed by atoms with van der Waals surface area (Å²) in [5.41, 5.74) is 7.76. The average molecular weight is 418 g/mol. The highest BCUT2D eigenvalue weighted by molar-refractivity contribution is 7.09. The minimum atomic E-state index is 0. The maximum Gasteiger partial charge on any atom is 0.222 e. The van der Waals surface area contributed by atoms with E-state index in [9.17, 15) is 4.79 Å². The van der Waals surface area contributed by atoms with Crippen LogP contribution in [0.3, 0.4) is 0 Å². The first-order chi connectivity index (χ1) is 11.6. The zero-order valence-corrected chi connectivity index (χ0v) is 17.2. The van der Waals surface area contributed by atoms with Gasteiger partial charge in [-0.3, -0.25) is 4.79 Å². The molecule has 1 fully saturated rings. The van der Waals surface area contributed by atoms with Gasteiger partial charge in [-0.05, 0) is 31.4 Å². The van der Waals surface area contributed by atoms with E-state index in [4.69, 9.17) is 5.73 Å². The molecule has 0 aliphatic carbocycles. The van der Waals surface area contributed by atoms with Crippen molar-refractivity contribution in [2.75, 3.05) is 36.8 Å². The lowest BCUT2D eigenvalue weighted by molar-refractivity contribution is -0.130. The summed E-state index contributed by atoms with van der Waals surface area (Å²) in [4.78, 5) is 21.2. The van der Waals surface area contributed by atoms with Crippen molar-refractivity contribution >= 4 is 53.1 Å². The van der Waals surface area contributed by atoms with Crippen LogP contribution >= 0.6 is 36.3 Å². The van der Waals surface area contributed by atoms with Crippen LogP contribution < -0.4 is 10.6 Å². The Hall–Kier alpha value is -1.57. The number of hydrogen-bond donors (Lipinski definition) is 1. The van der Waals surface area contributed by atoms with Crippen molar-refractivity contribution in [1.82, 2.24) is 14.3 Å². The van der Waals surface area contributed by atoms with Gasteiger partial charge in [0.1, 0.15) is 5.82 Å². The molecule has 2 N–H and O–H groups in total. The zero-order valence-electron chi connectivity index (χ0n) is 14.8. The second kappa shape index (κ2) is 10.5. The number of hydrogen-bond acceptors (Lipinski definition) is 6.